The zero-order valence-corrected chi connectivity index (χ0v) is 24.8. The molecule has 6 atom stereocenters. The quantitative estimate of drug-likeness (QED) is 0.193. The molecule has 7 N–H and O–H groups in total. The summed E-state index contributed by atoms with van der Waals surface area (Å²) in [6.07, 6.45) is -0.849. The average molecular weight is 594 g/mol. The van der Waals surface area contributed by atoms with Gasteiger partial charge >= 0.3 is 0 Å². The van der Waals surface area contributed by atoms with Gasteiger partial charge in [-0.25, -0.2) is 0 Å². The predicted molar refractivity (Wildman–Crippen MR) is 151 cm³/mol. The zero-order valence-electron chi connectivity index (χ0n) is 24.8. The van der Waals surface area contributed by atoms with Crippen molar-refractivity contribution in [3.05, 3.63) is 17.7 Å². The number of nitrogens with two attached hydrogens (primary N) is 2. The molecule has 0 aliphatic carbocycles. The third kappa shape index (κ3) is 6.40. The highest BCUT2D eigenvalue weighted by Crippen LogP contribution is 2.42. The molecule has 2 fully saturated rings. The second-order valence-electron chi connectivity index (χ2n) is 10.9. The maximum absolute atomic E-state index is 14.2. The van der Waals surface area contributed by atoms with Crippen molar-refractivity contribution in [3.8, 4) is 17.2 Å². The lowest BCUT2D eigenvalue weighted by Gasteiger charge is -2.41. The molecule has 2 heterocycles. The van der Waals surface area contributed by atoms with Crippen LogP contribution in [0.2, 0.25) is 0 Å². The van der Waals surface area contributed by atoms with Crippen LogP contribution in [0, 0.1) is 0 Å². The van der Waals surface area contributed by atoms with E-state index in [9.17, 15) is 29.4 Å². The smallest absolute Gasteiger partial charge is 0.247 e. The molecule has 1 aromatic carbocycles. The molecule has 3 rings (SSSR count). The van der Waals surface area contributed by atoms with Gasteiger partial charge in [0.1, 0.15) is 23.7 Å². The maximum Gasteiger partial charge on any atom is 0.247 e. The number of rotatable bonds is 12. The second kappa shape index (κ2) is 13.6. The molecule has 14 heteroatoms. The number of nitrogens with one attached hydrogen (secondary N) is 1. The Morgan fingerprint density at radius 1 is 1.02 bits per heavy atom. The molecule has 0 aromatic heterocycles. The summed E-state index contributed by atoms with van der Waals surface area (Å²) in [6.45, 7) is 3.21. The lowest BCUT2D eigenvalue weighted by Crippen LogP contribution is -2.65. The molecule has 0 unspecified atom stereocenters. The Balaban J connectivity index is 2.08. The summed E-state index contributed by atoms with van der Waals surface area (Å²) in [5.74, 6) is -1.58. The standard InChI is InChI=1S/C28H43N5O9/c1-15(34)21(29)26(38)32-10-6-8-18(32)25(37)33-11-7-9-28(33,27(39)31-22(16(2)35)24(30)36)14-17-12-19(40-3)23(42-5)20(13-17)41-4/h12-13,15-16,18,21-22,34-35H,6-11,14,29H2,1-5H3,(H2,30,36)(H,31,39)/t15-,16-,18+,21+,22+,28+/m1/s1. The minimum absolute atomic E-state index is 0.0135. The molecule has 1 aromatic rings. The first-order chi connectivity index (χ1) is 19.8. The molecule has 2 aliphatic rings. The van der Waals surface area contributed by atoms with Crippen molar-refractivity contribution in [2.24, 2.45) is 11.5 Å². The summed E-state index contributed by atoms with van der Waals surface area (Å²) in [7, 11) is 4.38. The first kappa shape index (κ1) is 32.9. The molecule has 0 radical (unpaired) electrons. The zero-order chi connectivity index (χ0) is 31.4. The van der Waals surface area contributed by atoms with E-state index < -0.39 is 59.5 Å². The van der Waals surface area contributed by atoms with Crippen molar-refractivity contribution < 1.29 is 43.6 Å². The van der Waals surface area contributed by atoms with Crippen LogP contribution < -0.4 is 31.0 Å². The Bertz CT molecular complexity index is 1150. The van der Waals surface area contributed by atoms with E-state index >= 15 is 0 Å². The number of ether oxygens (including phenoxy) is 3. The minimum atomic E-state index is -1.52. The number of aliphatic hydroxyl groups excluding tert-OH is 2. The van der Waals surface area contributed by atoms with Crippen molar-refractivity contribution in [1.82, 2.24) is 15.1 Å². The Morgan fingerprint density at radius 3 is 2.14 bits per heavy atom. The van der Waals surface area contributed by atoms with Crippen molar-refractivity contribution in [2.75, 3.05) is 34.4 Å². The number of benzene rings is 1. The van der Waals surface area contributed by atoms with E-state index in [0.29, 0.717) is 42.1 Å². The third-order valence-electron chi connectivity index (χ3n) is 8.10. The summed E-state index contributed by atoms with van der Waals surface area (Å²) in [5.41, 5.74) is 10.4. The van der Waals surface area contributed by atoms with Gasteiger partial charge in [0.2, 0.25) is 29.4 Å². The molecule has 14 nitrogen and oxygen atoms in total. The molecule has 234 valence electrons. The van der Waals surface area contributed by atoms with E-state index in [1.807, 2.05) is 0 Å². The van der Waals surface area contributed by atoms with Gasteiger partial charge in [-0.2, -0.15) is 0 Å². The van der Waals surface area contributed by atoms with Gasteiger partial charge in [0.25, 0.3) is 0 Å². The number of amides is 4. The predicted octanol–water partition coefficient (Wildman–Crippen LogP) is -1.33. The van der Waals surface area contributed by atoms with Gasteiger partial charge in [-0.3, -0.25) is 19.2 Å². The monoisotopic (exact) mass is 593 g/mol. The number of carbonyl (C=O) groups excluding carboxylic acids is 4. The van der Waals surface area contributed by atoms with Crippen molar-refractivity contribution in [2.45, 2.75) is 81.8 Å². The Morgan fingerprint density at radius 2 is 1.64 bits per heavy atom. The first-order valence-corrected chi connectivity index (χ1v) is 14.0. The van der Waals surface area contributed by atoms with E-state index in [0.717, 1.165) is 0 Å². The molecular formula is C28H43N5O9. The largest absolute Gasteiger partial charge is 0.493 e. The molecule has 0 saturated carbocycles. The topological polar surface area (TPSA) is 207 Å². The van der Waals surface area contributed by atoms with E-state index in [4.69, 9.17) is 25.7 Å². The van der Waals surface area contributed by atoms with Gasteiger partial charge in [0.05, 0.1) is 33.5 Å². The van der Waals surface area contributed by atoms with Crippen LogP contribution in [0.3, 0.4) is 0 Å². The average Bonchev–Trinajstić information content (AvgIpc) is 3.62. The Hall–Kier alpha value is -3.62. The number of aliphatic hydroxyl groups is 2. The van der Waals surface area contributed by atoms with Gasteiger partial charge in [-0.15, -0.1) is 0 Å². The molecule has 4 amide bonds. The van der Waals surface area contributed by atoms with Crippen molar-refractivity contribution in [1.29, 1.82) is 0 Å². The van der Waals surface area contributed by atoms with E-state index in [-0.39, 0.29) is 25.9 Å². The fourth-order valence-corrected chi connectivity index (χ4v) is 5.85. The van der Waals surface area contributed by atoms with Gasteiger partial charge in [-0.05, 0) is 57.2 Å². The lowest BCUT2D eigenvalue weighted by atomic mass is 9.85. The van der Waals surface area contributed by atoms with Crippen LogP contribution in [0.1, 0.15) is 45.1 Å². The molecule has 2 aliphatic heterocycles. The highest BCUT2D eigenvalue weighted by Gasteiger charge is 2.53. The van der Waals surface area contributed by atoms with Gasteiger partial charge < -0.3 is 51.0 Å². The minimum Gasteiger partial charge on any atom is -0.493 e. The van der Waals surface area contributed by atoms with Crippen molar-refractivity contribution >= 4 is 23.6 Å². The SMILES string of the molecule is COc1cc(C[C@]2(C(=O)N[C@H](C(N)=O)[C@@H](C)O)CCCN2C(=O)[C@@H]2CCCN2C(=O)[C@@H](N)[C@@H](C)O)cc(OC)c1OC. The number of nitrogens with zero attached hydrogens (tertiary/aromatic N) is 2. The number of hydrogen-bond donors (Lipinski definition) is 5. The summed E-state index contributed by atoms with van der Waals surface area (Å²) >= 11 is 0. The first-order valence-electron chi connectivity index (χ1n) is 14.0. The maximum atomic E-state index is 14.2. The van der Waals surface area contributed by atoms with Crippen LogP contribution in [-0.4, -0.2) is 114 Å². The van der Waals surface area contributed by atoms with Crippen LogP contribution in [0.15, 0.2) is 12.1 Å². The number of hydrogen-bond acceptors (Lipinski definition) is 10. The van der Waals surface area contributed by atoms with Crippen LogP contribution in [0.5, 0.6) is 17.2 Å². The van der Waals surface area contributed by atoms with E-state index in [1.54, 1.807) is 12.1 Å². The fraction of sp³-hybridized carbons (Fsp3) is 0.643. The Labute approximate surface area is 245 Å². The summed E-state index contributed by atoms with van der Waals surface area (Å²) in [4.78, 5) is 56.3. The van der Waals surface area contributed by atoms with Crippen LogP contribution in [0.25, 0.3) is 0 Å². The molecule has 42 heavy (non-hydrogen) atoms. The fourth-order valence-electron chi connectivity index (χ4n) is 5.85. The normalized spacial score (nSPS) is 23.1. The third-order valence-corrected chi connectivity index (χ3v) is 8.10. The van der Waals surface area contributed by atoms with Crippen LogP contribution in [-0.2, 0) is 25.6 Å². The molecule has 0 bridgehead atoms. The second-order valence-corrected chi connectivity index (χ2v) is 10.9. The summed E-state index contributed by atoms with van der Waals surface area (Å²) in [5, 5.41) is 22.6. The Kier molecular flexibility index (Phi) is 10.6. The van der Waals surface area contributed by atoms with Gasteiger partial charge in [0.15, 0.2) is 11.5 Å². The van der Waals surface area contributed by atoms with E-state index in [2.05, 4.69) is 5.32 Å². The molecular weight excluding hydrogens is 550 g/mol. The number of methoxy groups -OCH3 is 3. The summed E-state index contributed by atoms with van der Waals surface area (Å²) in [6, 6.07) is -0.154. The van der Waals surface area contributed by atoms with Crippen molar-refractivity contribution in [3.63, 3.8) is 0 Å². The van der Waals surface area contributed by atoms with E-state index in [1.165, 1.54) is 45.0 Å². The number of likely N-dealkylation sites (tertiary alicyclic amines) is 2. The number of carbonyl (C=O) groups is 4. The van der Waals surface area contributed by atoms with Gasteiger partial charge in [-0.1, -0.05) is 0 Å². The lowest BCUT2D eigenvalue weighted by molar-refractivity contribution is -0.152. The number of primary amides is 1. The highest BCUT2D eigenvalue weighted by atomic mass is 16.5. The van der Waals surface area contributed by atoms with Crippen LogP contribution >= 0.6 is 0 Å². The molecule has 2 saturated heterocycles. The molecule has 0 spiro atoms. The van der Waals surface area contributed by atoms with Gasteiger partial charge in [0, 0.05) is 19.5 Å². The van der Waals surface area contributed by atoms with Crippen LogP contribution in [0.4, 0.5) is 0 Å². The highest BCUT2D eigenvalue weighted by molar-refractivity contribution is 5.98. The summed E-state index contributed by atoms with van der Waals surface area (Å²) < 4.78 is 16.4.